The second-order valence-electron chi connectivity index (χ2n) is 8.70. The van der Waals surface area contributed by atoms with Crippen LogP contribution in [0.3, 0.4) is 0 Å². The third-order valence-electron chi connectivity index (χ3n) is 4.31. The number of carbonyl (C=O) groups excluding carboxylic acids is 7. The lowest BCUT2D eigenvalue weighted by Gasteiger charge is -2.18. The molecule has 0 aromatic carbocycles. The van der Waals surface area contributed by atoms with E-state index in [2.05, 4.69) is 0 Å². The summed E-state index contributed by atoms with van der Waals surface area (Å²) < 4.78 is 14.9. The first-order valence-electron chi connectivity index (χ1n) is 12.6. The highest BCUT2D eigenvalue weighted by Crippen LogP contribution is 2.05. The van der Waals surface area contributed by atoms with E-state index < -0.39 is 36.1 Å². The van der Waals surface area contributed by atoms with Crippen LogP contribution in [0.5, 0.6) is 0 Å². The average molecular weight is 595 g/mol. The second kappa shape index (κ2) is 26.7. The molecule has 236 valence electrons. The van der Waals surface area contributed by atoms with Crippen LogP contribution in [0.4, 0.5) is 0 Å². The number of carboxylic acid groups (broad SMARTS) is 1. The Morgan fingerprint density at radius 1 is 0.537 bits per heavy atom. The molecule has 0 amide bonds. The van der Waals surface area contributed by atoms with Gasteiger partial charge in [0.05, 0.1) is 38.9 Å². The maximum absolute atomic E-state index is 11.7. The van der Waals surface area contributed by atoms with Gasteiger partial charge in [-0.3, -0.25) is 19.2 Å². The number of carboxylic acids is 1. The Labute approximate surface area is 238 Å². The summed E-state index contributed by atoms with van der Waals surface area (Å²) in [6.07, 6.45) is -2.21. The smallest absolute Gasteiger partial charge is 0.306 e. The number of hydrogen-bond acceptors (Lipinski definition) is 14. The summed E-state index contributed by atoms with van der Waals surface area (Å²) in [4.78, 5) is 87.3. The van der Waals surface area contributed by atoms with Crippen LogP contribution in [0.25, 0.3) is 0 Å². The van der Waals surface area contributed by atoms with Crippen molar-refractivity contribution in [1.29, 1.82) is 0 Å². The van der Waals surface area contributed by atoms with Crippen molar-refractivity contribution < 1.29 is 73.0 Å². The monoisotopic (exact) mass is 594 g/mol. The van der Waals surface area contributed by atoms with Crippen LogP contribution in [0, 0.1) is 0 Å². The summed E-state index contributed by atoms with van der Waals surface area (Å²) in [5.74, 6) is -3.52. The molecule has 0 aliphatic carbocycles. The maximum atomic E-state index is 11.7. The highest BCUT2D eigenvalue weighted by atomic mass is 16.6. The largest absolute Gasteiger partial charge is 0.481 e. The number of aliphatic carboxylic acids is 1. The number of ether oxygens (including phenoxy) is 3. The van der Waals surface area contributed by atoms with E-state index in [0.29, 0.717) is 0 Å². The van der Waals surface area contributed by atoms with Gasteiger partial charge in [0.25, 0.3) is 0 Å². The molecule has 0 rings (SSSR count). The molecule has 41 heavy (non-hydrogen) atoms. The Kier molecular flexibility index (Phi) is 27.2. The van der Waals surface area contributed by atoms with Crippen LogP contribution in [-0.2, 0) is 52.6 Å². The molecule has 0 radical (unpaired) electrons. The van der Waals surface area contributed by atoms with E-state index in [0.717, 1.165) is 0 Å². The topological polar surface area (TPSA) is 245 Å². The molecule has 0 atom stereocenters. The molecule has 0 unspecified atom stereocenters. The first kappa shape index (κ1) is 41.9. The molecular weight excluding hydrogens is 552 g/mol. The van der Waals surface area contributed by atoms with Crippen molar-refractivity contribution >= 4 is 47.0 Å². The van der Waals surface area contributed by atoms with Gasteiger partial charge in [0.1, 0.15) is 42.5 Å². The molecule has 0 fully saturated rings. The zero-order valence-corrected chi connectivity index (χ0v) is 23.9. The molecule has 0 bridgehead atoms. The van der Waals surface area contributed by atoms with Crippen LogP contribution in [0.1, 0.15) is 79.1 Å². The van der Waals surface area contributed by atoms with Gasteiger partial charge in [0, 0.05) is 25.7 Å². The van der Waals surface area contributed by atoms with Crippen molar-refractivity contribution in [2.75, 3.05) is 26.4 Å². The Bertz CT molecular complexity index is 798. The number of carbonyl (C=O) groups is 8. The number of aliphatic hydroxyl groups excluding tert-OH is 3. The van der Waals surface area contributed by atoms with Crippen molar-refractivity contribution in [1.82, 2.24) is 0 Å². The minimum Gasteiger partial charge on any atom is -0.481 e. The van der Waals surface area contributed by atoms with Crippen molar-refractivity contribution in [3.8, 4) is 0 Å². The number of rotatable bonds is 19. The molecule has 0 aromatic rings. The number of aliphatic hydroxyl groups is 3. The summed E-state index contributed by atoms with van der Waals surface area (Å²) in [5, 5.41) is 32.0. The number of hydrogen-bond donors (Lipinski definition) is 4. The van der Waals surface area contributed by atoms with Gasteiger partial charge in [0.15, 0.2) is 6.10 Å². The third-order valence-corrected chi connectivity index (χ3v) is 4.31. The standard InChI is InChI=1S/C18H26O9.C5H8O3.C3H8O3/c1-12(19)4-7-16(22)25-10-15(27-18(24)9-6-14(3)21)11-26-17(23)8-5-13(2)20;1-4(6)2-3-5(7)8;4-1-3(6)2-5/h15H,4-11H2,1-3H3;2-3H2,1H3,(H,7,8);3-6H,1-2H2. The lowest BCUT2D eigenvalue weighted by Crippen LogP contribution is -2.31. The average Bonchev–Trinajstić information content (AvgIpc) is 2.89. The number of Topliss-reactive ketones (excluding diaryl/α,β-unsaturated/α-hetero) is 4. The summed E-state index contributed by atoms with van der Waals surface area (Å²) in [6.45, 7) is 3.94. The quantitative estimate of drug-likeness (QED) is 0.112. The Balaban J connectivity index is -0.000000841. The molecule has 15 heteroatoms. The normalized spacial score (nSPS) is 9.88. The lowest BCUT2D eigenvalue weighted by atomic mass is 10.2. The van der Waals surface area contributed by atoms with Crippen LogP contribution < -0.4 is 0 Å². The summed E-state index contributed by atoms with van der Waals surface area (Å²) in [7, 11) is 0. The van der Waals surface area contributed by atoms with E-state index in [1.165, 1.54) is 27.7 Å². The van der Waals surface area contributed by atoms with Gasteiger partial charge in [0.2, 0.25) is 0 Å². The molecule has 4 N–H and O–H groups in total. The first-order valence-corrected chi connectivity index (χ1v) is 12.6. The molecule has 15 nitrogen and oxygen atoms in total. The van der Waals surface area contributed by atoms with Crippen LogP contribution >= 0.6 is 0 Å². The van der Waals surface area contributed by atoms with Crippen LogP contribution in [0.2, 0.25) is 0 Å². The maximum Gasteiger partial charge on any atom is 0.306 e. The van der Waals surface area contributed by atoms with E-state index in [9.17, 15) is 38.4 Å². The molecule has 0 saturated heterocycles. The van der Waals surface area contributed by atoms with Gasteiger partial charge >= 0.3 is 23.9 Å². The van der Waals surface area contributed by atoms with Crippen molar-refractivity contribution in [3.05, 3.63) is 0 Å². The van der Waals surface area contributed by atoms with Crippen molar-refractivity contribution in [2.45, 2.75) is 91.3 Å². The fourth-order valence-corrected chi connectivity index (χ4v) is 2.05. The lowest BCUT2D eigenvalue weighted by molar-refractivity contribution is -0.167. The second-order valence-corrected chi connectivity index (χ2v) is 8.70. The predicted molar refractivity (Wildman–Crippen MR) is 139 cm³/mol. The number of ketones is 4. The summed E-state index contributed by atoms with van der Waals surface area (Å²) >= 11 is 0. The third kappa shape index (κ3) is 36.4. The first-order chi connectivity index (χ1) is 19.0. The molecule has 0 spiro atoms. The molecule has 0 aromatic heterocycles. The van der Waals surface area contributed by atoms with E-state index in [1.807, 2.05) is 0 Å². The fraction of sp³-hybridized carbons (Fsp3) is 0.692. The highest BCUT2D eigenvalue weighted by molar-refractivity contribution is 5.82. The fourth-order valence-electron chi connectivity index (χ4n) is 2.05. The Morgan fingerprint density at radius 2 is 0.854 bits per heavy atom. The highest BCUT2D eigenvalue weighted by Gasteiger charge is 2.20. The van der Waals surface area contributed by atoms with Gasteiger partial charge in [-0.1, -0.05) is 0 Å². The predicted octanol–water partition coefficient (Wildman–Crippen LogP) is -0.136. The molecule has 0 saturated carbocycles. The zero-order chi connectivity index (χ0) is 32.4. The van der Waals surface area contributed by atoms with Gasteiger partial charge in [-0.2, -0.15) is 0 Å². The van der Waals surface area contributed by atoms with Crippen molar-refractivity contribution in [3.63, 3.8) is 0 Å². The molecule has 0 aliphatic heterocycles. The van der Waals surface area contributed by atoms with Gasteiger partial charge in [-0.05, 0) is 27.7 Å². The molecule has 0 heterocycles. The van der Waals surface area contributed by atoms with E-state index in [-0.39, 0.29) is 101 Å². The minimum atomic E-state index is -1.05. The van der Waals surface area contributed by atoms with Crippen LogP contribution in [0.15, 0.2) is 0 Å². The summed E-state index contributed by atoms with van der Waals surface area (Å²) in [5.41, 5.74) is 0. The summed E-state index contributed by atoms with van der Waals surface area (Å²) in [6, 6.07) is 0. The Hall–Kier alpha value is -3.56. The minimum absolute atomic E-state index is 0.00233. The van der Waals surface area contributed by atoms with Gasteiger partial charge in [-0.25, -0.2) is 0 Å². The SMILES string of the molecule is CC(=O)CCC(=O)O.CC(=O)CCC(=O)OCC(COC(=O)CCC(C)=O)OC(=O)CCC(C)=O.OCC(O)CO. The van der Waals surface area contributed by atoms with E-state index >= 15 is 0 Å². The van der Waals surface area contributed by atoms with Gasteiger partial charge in [-0.15, -0.1) is 0 Å². The van der Waals surface area contributed by atoms with E-state index in [1.54, 1.807) is 0 Å². The van der Waals surface area contributed by atoms with Gasteiger partial charge < -0.3 is 53.8 Å². The van der Waals surface area contributed by atoms with E-state index in [4.69, 9.17) is 34.6 Å². The number of esters is 3. The molecule has 0 aliphatic rings. The van der Waals surface area contributed by atoms with Crippen LogP contribution in [-0.4, -0.2) is 106 Å². The Morgan fingerprint density at radius 3 is 1.10 bits per heavy atom. The zero-order valence-electron chi connectivity index (χ0n) is 23.9. The van der Waals surface area contributed by atoms with Crippen molar-refractivity contribution in [2.24, 2.45) is 0 Å². The molecular formula is C26H42O15.